The predicted molar refractivity (Wildman–Crippen MR) is 65.4 cm³/mol. The first-order chi connectivity index (χ1) is 8.20. The fraction of sp³-hybridized carbons (Fsp3) is 0.385. The standard InChI is InChI=1S/C13H13ClN2O/c14-12-4-2-1-3-9(12)7-10(8-15)13(17)16-11-5-6-11/h1-4,10-11H,5-7H2,(H,16,17). The summed E-state index contributed by atoms with van der Waals surface area (Å²) in [6, 6.07) is 9.62. The van der Waals surface area contributed by atoms with Crippen LogP contribution in [0.4, 0.5) is 0 Å². The Morgan fingerprint density at radius 3 is 2.82 bits per heavy atom. The van der Waals surface area contributed by atoms with E-state index in [-0.39, 0.29) is 11.9 Å². The number of carbonyl (C=O) groups excluding carboxylic acids is 1. The highest BCUT2D eigenvalue weighted by Crippen LogP contribution is 2.21. The van der Waals surface area contributed by atoms with Crippen LogP contribution in [-0.2, 0) is 11.2 Å². The molecule has 3 nitrogen and oxygen atoms in total. The number of nitrogens with zero attached hydrogens (tertiary/aromatic N) is 1. The summed E-state index contributed by atoms with van der Waals surface area (Å²) in [4.78, 5) is 11.8. The predicted octanol–water partition coefficient (Wildman–Crippen LogP) is 2.30. The van der Waals surface area contributed by atoms with Gasteiger partial charge >= 0.3 is 0 Å². The molecule has 1 aromatic rings. The van der Waals surface area contributed by atoms with Crippen LogP contribution in [-0.4, -0.2) is 11.9 Å². The number of rotatable bonds is 4. The summed E-state index contributed by atoms with van der Waals surface area (Å²) in [6.07, 6.45) is 2.42. The average molecular weight is 249 g/mol. The fourth-order valence-electron chi connectivity index (χ4n) is 1.61. The van der Waals surface area contributed by atoms with Crippen LogP contribution in [0.1, 0.15) is 18.4 Å². The molecule has 1 aromatic carbocycles. The summed E-state index contributed by atoms with van der Waals surface area (Å²) in [5.74, 6) is -0.842. The molecule has 0 radical (unpaired) electrons. The van der Waals surface area contributed by atoms with Crippen molar-refractivity contribution in [2.75, 3.05) is 0 Å². The highest BCUT2D eigenvalue weighted by molar-refractivity contribution is 6.31. The summed E-state index contributed by atoms with van der Waals surface area (Å²) in [6.45, 7) is 0. The van der Waals surface area contributed by atoms with E-state index in [0.717, 1.165) is 18.4 Å². The lowest BCUT2D eigenvalue weighted by Crippen LogP contribution is -2.32. The van der Waals surface area contributed by atoms with E-state index in [4.69, 9.17) is 16.9 Å². The lowest BCUT2D eigenvalue weighted by molar-refractivity contribution is -0.123. The third-order valence-corrected chi connectivity index (χ3v) is 3.15. The van der Waals surface area contributed by atoms with E-state index in [9.17, 15) is 4.79 Å². The molecule has 0 saturated heterocycles. The second-order valence-electron chi connectivity index (χ2n) is 4.26. The van der Waals surface area contributed by atoms with Crippen molar-refractivity contribution < 1.29 is 4.79 Å². The van der Waals surface area contributed by atoms with Crippen LogP contribution in [0.15, 0.2) is 24.3 Å². The minimum Gasteiger partial charge on any atom is -0.352 e. The Morgan fingerprint density at radius 2 is 2.24 bits per heavy atom. The number of nitrogens with one attached hydrogen (secondary N) is 1. The summed E-state index contributed by atoms with van der Waals surface area (Å²) in [5, 5.41) is 12.5. The van der Waals surface area contributed by atoms with Crippen molar-refractivity contribution in [1.29, 1.82) is 5.26 Å². The zero-order valence-electron chi connectivity index (χ0n) is 9.32. The molecule has 0 bridgehead atoms. The van der Waals surface area contributed by atoms with Crippen LogP contribution >= 0.6 is 11.6 Å². The second-order valence-corrected chi connectivity index (χ2v) is 4.67. The molecule has 4 heteroatoms. The maximum absolute atomic E-state index is 11.8. The van der Waals surface area contributed by atoms with Gasteiger partial charge in [-0.05, 0) is 30.9 Å². The van der Waals surface area contributed by atoms with E-state index in [2.05, 4.69) is 5.32 Å². The molecule has 1 N–H and O–H groups in total. The van der Waals surface area contributed by atoms with Gasteiger partial charge in [-0.2, -0.15) is 5.26 Å². The van der Waals surface area contributed by atoms with E-state index in [1.165, 1.54) is 0 Å². The van der Waals surface area contributed by atoms with Gasteiger partial charge in [0.15, 0.2) is 0 Å². The Bertz CT molecular complexity index is 463. The number of hydrogen-bond acceptors (Lipinski definition) is 2. The third kappa shape index (κ3) is 3.21. The average Bonchev–Trinajstić information content (AvgIpc) is 3.11. The number of hydrogen-bond donors (Lipinski definition) is 1. The van der Waals surface area contributed by atoms with Gasteiger partial charge < -0.3 is 5.32 Å². The molecule has 0 spiro atoms. The molecular weight excluding hydrogens is 236 g/mol. The number of benzene rings is 1. The van der Waals surface area contributed by atoms with Crippen molar-refractivity contribution in [2.24, 2.45) is 5.92 Å². The van der Waals surface area contributed by atoms with Crippen LogP contribution in [0.5, 0.6) is 0 Å². The second kappa shape index (κ2) is 5.20. The van der Waals surface area contributed by atoms with Gasteiger partial charge in [0.25, 0.3) is 0 Å². The van der Waals surface area contributed by atoms with Gasteiger partial charge in [0.05, 0.1) is 6.07 Å². The largest absolute Gasteiger partial charge is 0.352 e. The molecule has 1 atom stereocenters. The molecule has 1 saturated carbocycles. The van der Waals surface area contributed by atoms with Crippen molar-refractivity contribution in [3.8, 4) is 6.07 Å². The highest BCUT2D eigenvalue weighted by atomic mass is 35.5. The molecule has 0 aliphatic heterocycles. The van der Waals surface area contributed by atoms with Gasteiger partial charge in [-0.15, -0.1) is 0 Å². The molecule has 1 unspecified atom stereocenters. The van der Waals surface area contributed by atoms with Crippen LogP contribution in [0.25, 0.3) is 0 Å². The van der Waals surface area contributed by atoms with Crippen LogP contribution < -0.4 is 5.32 Å². The third-order valence-electron chi connectivity index (χ3n) is 2.78. The normalized spacial score (nSPS) is 16.0. The molecule has 2 rings (SSSR count). The number of amides is 1. The monoisotopic (exact) mass is 248 g/mol. The van der Waals surface area contributed by atoms with Gasteiger partial charge in [0.2, 0.25) is 5.91 Å². The number of nitriles is 1. The Kier molecular flexibility index (Phi) is 3.65. The van der Waals surface area contributed by atoms with Crippen molar-refractivity contribution >= 4 is 17.5 Å². The van der Waals surface area contributed by atoms with Crippen molar-refractivity contribution in [2.45, 2.75) is 25.3 Å². The SMILES string of the molecule is N#CC(Cc1ccccc1Cl)C(=O)NC1CC1. The highest BCUT2D eigenvalue weighted by Gasteiger charge is 2.27. The first kappa shape index (κ1) is 11.9. The smallest absolute Gasteiger partial charge is 0.237 e. The lowest BCUT2D eigenvalue weighted by Gasteiger charge is -2.10. The van der Waals surface area contributed by atoms with Gasteiger partial charge in [-0.1, -0.05) is 29.8 Å². The zero-order valence-corrected chi connectivity index (χ0v) is 10.1. The molecule has 1 aliphatic carbocycles. The molecule has 17 heavy (non-hydrogen) atoms. The Balaban J connectivity index is 2.02. The van der Waals surface area contributed by atoms with Gasteiger partial charge in [0.1, 0.15) is 5.92 Å². The molecule has 1 amide bonds. The van der Waals surface area contributed by atoms with Crippen LogP contribution in [0.3, 0.4) is 0 Å². The van der Waals surface area contributed by atoms with E-state index in [0.29, 0.717) is 11.4 Å². The number of carbonyl (C=O) groups is 1. The number of halogens is 1. The maximum atomic E-state index is 11.8. The molecular formula is C13H13ClN2O. The summed E-state index contributed by atoms with van der Waals surface area (Å²) >= 11 is 6.01. The molecule has 1 aliphatic rings. The Morgan fingerprint density at radius 1 is 1.53 bits per heavy atom. The summed E-state index contributed by atoms with van der Waals surface area (Å²) in [5.41, 5.74) is 0.840. The minimum atomic E-state index is -0.657. The molecule has 88 valence electrons. The topological polar surface area (TPSA) is 52.9 Å². The zero-order chi connectivity index (χ0) is 12.3. The maximum Gasteiger partial charge on any atom is 0.237 e. The molecule has 0 heterocycles. The van der Waals surface area contributed by atoms with Crippen molar-refractivity contribution in [1.82, 2.24) is 5.32 Å². The van der Waals surface area contributed by atoms with Crippen LogP contribution in [0.2, 0.25) is 5.02 Å². The van der Waals surface area contributed by atoms with Crippen molar-refractivity contribution in [3.63, 3.8) is 0 Å². The van der Waals surface area contributed by atoms with Crippen LogP contribution in [0, 0.1) is 17.2 Å². The van der Waals surface area contributed by atoms with Gasteiger partial charge in [-0.3, -0.25) is 4.79 Å². The van der Waals surface area contributed by atoms with E-state index in [1.54, 1.807) is 6.07 Å². The van der Waals surface area contributed by atoms with E-state index >= 15 is 0 Å². The molecule has 1 fully saturated rings. The Labute approximate surface area is 105 Å². The van der Waals surface area contributed by atoms with E-state index in [1.807, 2.05) is 24.3 Å². The first-order valence-corrected chi connectivity index (χ1v) is 6.02. The fourth-order valence-corrected chi connectivity index (χ4v) is 1.82. The molecule has 0 aromatic heterocycles. The lowest BCUT2D eigenvalue weighted by atomic mass is 10.00. The van der Waals surface area contributed by atoms with E-state index < -0.39 is 5.92 Å². The summed E-state index contributed by atoms with van der Waals surface area (Å²) in [7, 11) is 0. The summed E-state index contributed by atoms with van der Waals surface area (Å²) < 4.78 is 0. The van der Waals surface area contributed by atoms with Gasteiger partial charge in [0, 0.05) is 11.1 Å². The first-order valence-electron chi connectivity index (χ1n) is 5.64. The van der Waals surface area contributed by atoms with Gasteiger partial charge in [-0.25, -0.2) is 0 Å². The van der Waals surface area contributed by atoms with Crippen molar-refractivity contribution in [3.05, 3.63) is 34.9 Å². The quantitative estimate of drug-likeness (QED) is 0.889. The minimum absolute atomic E-state index is 0.185. The Hall–Kier alpha value is -1.53.